The second-order valence-corrected chi connectivity index (χ2v) is 4.82. The summed E-state index contributed by atoms with van der Waals surface area (Å²) in [6.07, 6.45) is 3.89. The van der Waals surface area contributed by atoms with Crippen LogP contribution in [0, 0.1) is 6.92 Å². The minimum atomic E-state index is 0.00200. The molecule has 1 atom stereocenters. The normalized spacial score (nSPS) is 20.2. The first-order chi connectivity index (χ1) is 8.70. The Hall–Kier alpha value is -1.42. The van der Waals surface area contributed by atoms with E-state index in [1.807, 2.05) is 37.1 Å². The topological polar surface area (TPSA) is 45.2 Å². The molecule has 0 spiro atoms. The molecule has 0 bridgehead atoms. The van der Waals surface area contributed by atoms with Gasteiger partial charge in [0.2, 0.25) is 5.91 Å². The summed E-state index contributed by atoms with van der Waals surface area (Å²) in [7, 11) is 0. The predicted octanol–water partition coefficient (Wildman–Crippen LogP) is 1.49. The molecule has 98 valence electrons. The first kappa shape index (κ1) is 13.0. The van der Waals surface area contributed by atoms with Crippen LogP contribution in [0.25, 0.3) is 0 Å². The van der Waals surface area contributed by atoms with Gasteiger partial charge >= 0.3 is 0 Å². The third-order valence-corrected chi connectivity index (χ3v) is 3.33. The summed E-state index contributed by atoms with van der Waals surface area (Å²) in [6, 6.07) is 4.04. The lowest BCUT2D eigenvalue weighted by atomic mass is 10.0. The summed E-state index contributed by atoms with van der Waals surface area (Å²) in [4.78, 5) is 18.4. The number of pyridine rings is 1. The fourth-order valence-electron chi connectivity index (χ4n) is 2.35. The van der Waals surface area contributed by atoms with Gasteiger partial charge in [-0.1, -0.05) is 13.0 Å². The molecule has 0 radical (unpaired) electrons. The van der Waals surface area contributed by atoms with Gasteiger partial charge in [0.05, 0.1) is 6.04 Å². The monoisotopic (exact) mass is 247 g/mol. The van der Waals surface area contributed by atoms with Gasteiger partial charge in [-0.3, -0.25) is 9.78 Å². The van der Waals surface area contributed by atoms with Crippen LogP contribution >= 0.6 is 0 Å². The van der Waals surface area contributed by atoms with E-state index in [1.165, 1.54) is 0 Å². The molecule has 4 nitrogen and oxygen atoms in total. The van der Waals surface area contributed by atoms with Gasteiger partial charge in [-0.25, -0.2) is 0 Å². The van der Waals surface area contributed by atoms with E-state index >= 15 is 0 Å². The quantitative estimate of drug-likeness (QED) is 0.877. The van der Waals surface area contributed by atoms with Crippen LogP contribution < -0.4 is 5.32 Å². The lowest BCUT2D eigenvalue weighted by molar-refractivity contribution is -0.136. The number of aromatic nitrogens is 1. The number of piperidine rings is 1. The van der Waals surface area contributed by atoms with Crippen molar-refractivity contribution in [1.29, 1.82) is 0 Å². The maximum atomic E-state index is 12.2. The Balaban J connectivity index is 2.00. The van der Waals surface area contributed by atoms with Crippen LogP contribution in [0.1, 0.15) is 31.0 Å². The van der Waals surface area contributed by atoms with E-state index in [1.54, 1.807) is 0 Å². The third kappa shape index (κ3) is 3.07. The highest BCUT2D eigenvalue weighted by molar-refractivity contribution is 5.82. The van der Waals surface area contributed by atoms with Crippen molar-refractivity contribution in [2.45, 2.75) is 39.3 Å². The summed E-state index contributed by atoms with van der Waals surface area (Å²) in [6.45, 7) is 6.38. The molecule has 18 heavy (non-hydrogen) atoms. The van der Waals surface area contributed by atoms with Crippen LogP contribution in [0.15, 0.2) is 18.3 Å². The molecule has 1 unspecified atom stereocenters. The summed E-state index contributed by atoms with van der Waals surface area (Å²) in [5, 5.41) is 3.25. The first-order valence-electron chi connectivity index (χ1n) is 6.64. The smallest absolute Gasteiger partial charge is 0.240 e. The standard InChI is InChI=1S/C14H21N3O/c1-3-15-13-5-4-8-17(14(13)18)10-12-7-6-11(2)16-9-12/h6-7,9,13,15H,3-5,8,10H2,1-2H3. The number of nitrogens with zero attached hydrogens (tertiary/aromatic N) is 2. The number of nitrogens with one attached hydrogen (secondary N) is 1. The Kier molecular flexibility index (Phi) is 4.31. The Bertz CT molecular complexity index is 400. The van der Waals surface area contributed by atoms with E-state index in [-0.39, 0.29) is 11.9 Å². The fraction of sp³-hybridized carbons (Fsp3) is 0.571. The van der Waals surface area contributed by atoms with Gasteiger partial charge in [-0.05, 0) is 37.9 Å². The second-order valence-electron chi connectivity index (χ2n) is 4.82. The number of hydrogen-bond donors (Lipinski definition) is 1. The largest absolute Gasteiger partial charge is 0.337 e. The molecule has 2 rings (SSSR count). The molecule has 1 aliphatic heterocycles. The van der Waals surface area contributed by atoms with Crippen molar-refractivity contribution in [2.75, 3.05) is 13.1 Å². The minimum Gasteiger partial charge on any atom is -0.337 e. The zero-order chi connectivity index (χ0) is 13.0. The van der Waals surface area contributed by atoms with Crippen LogP contribution in [0.4, 0.5) is 0 Å². The Morgan fingerprint density at radius 1 is 1.50 bits per heavy atom. The number of likely N-dealkylation sites (tertiary alicyclic amines) is 1. The summed E-state index contributed by atoms with van der Waals surface area (Å²) < 4.78 is 0. The summed E-state index contributed by atoms with van der Waals surface area (Å²) in [5.41, 5.74) is 2.11. The van der Waals surface area contributed by atoms with Crippen molar-refractivity contribution in [3.05, 3.63) is 29.6 Å². The Morgan fingerprint density at radius 3 is 3.00 bits per heavy atom. The van der Waals surface area contributed by atoms with E-state index in [0.717, 1.165) is 37.2 Å². The van der Waals surface area contributed by atoms with Crippen LogP contribution in [0.2, 0.25) is 0 Å². The molecule has 1 aliphatic rings. The molecule has 1 saturated heterocycles. The van der Waals surface area contributed by atoms with Gasteiger partial charge < -0.3 is 10.2 Å². The van der Waals surface area contributed by atoms with Crippen LogP contribution in [0.5, 0.6) is 0 Å². The number of hydrogen-bond acceptors (Lipinski definition) is 3. The number of aryl methyl sites for hydroxylation is 1. The zero-order valence-corrected chi connectivity index (χ0v) is 11.1. The van der Waals surface area contributed by atoms with Gasteiger partial charge in [-0.2, -0.15) is 0 Å². The SMILES string of the molecule is CCNC1CCCN(Cc2ccc(C)nc2)C1=O. The molecule has 0 saturated carbocycles. The van der Waals surface area contributed by atoms with E-state index in [4.69, 9.17) is 0 Å². The van der Waals surface area contributed by atoms with Gasteiger partial charge in [-0.15, -0.1) is 0 Å². The highest BCUT2D eigenvalue weighted by Crippen LogP contribution is 2.15. The van der Waals surface area contributed by atoms with E-state index in [9.17, 15) is 4.79 Å². The number of rotatable bonds is 4. The highest BCUT2D eigenvalue weighted by Gasteiger charge is 2.27. The molecular weight excluding hydrogens is 226 g/mol. The molecule has 2 heterocycles. The lowest BCUT2D eigenvalue weighted by Gasteiger charge is -2.32. The van der Waals surface area contributed by atoms with E-state index in [2.05, 4.69) is 10.3 Å². The molecule has 0 aliphatic carbocycles. The second kappa shape index (κ2) is 5.96. The molecule has 1 aromatic heterocycles. The zero-order valence-electron chi connectivity index (χ0n) is 11.1. The van der Waals surface area contributed by atoms with E-state index < -0.39 is 0 Å². The van der Waals surface area contributed by atoms with Gasteiger partial charge in [0.25, 0.3) is 0 Å². The summed E-state index contributed by atoms with van der Waals surface area (Å²) in [5.74, 6) is 0.226. The number of carbonyl (C=O) groups is 1. The van der Waals surface area contributed by atoms with Gasteiger partial charge in [0.15, 0.2) is 0 Å². The Morgan fingerprint density at radius 2 is 2.33 bits per heavy atom. The average Bonchev–Trinajstić information content (AvgIpc) is 2.37. The number of amides is 1. The van der Waals surface area contributed by atoms with Crippen LogP contribution in [-0.4, -0.2) is 34.9 Å². The Labute approximate surface area is 108 Å². The van der Waals surface area contributed by atoms with Gasteiger partial charge in [0, 0.05) is 25.0 Å². The molecule has 0 aromatic carbocycles. The molecule has 1 N–H and O–H groups in total. The minimum absolute atomic E-state index is 0.00200. The molecule has 1 aromatic rings. The maximum Gasteiger partial charge on any atom is 0.240 e. The van der Waals surface area contributed by atoms with Crippen molar-refractivity contribution in [2.24, 2.45) is 0 Å². The third-order valence-electron chi connectivity index (χ3n) is 3.33. The van der Waals surface area contributed by atoms with Crippen LogP contribution in [-0.2, 0) is 11.3 Å². The number of carbonyl (C=O) groups excluding carboxylic acids is 1. The van der Waals surface area contributed by atoms with Crippen molar-refractivity contribution >= 4 is 5.91 Å². The lowest BCUT2D eigenvalue weighted by Crippen LogP contribution is -2.50. The van der Waals surface area contributed by atoms with Crippen LogP contribution in [0.3, 0.4) is 0 Å². The van der Waals surface area contributed by atoms with E-state index in [0.29, 0.717) is 6.54 Å². The summed E-state index contributed by atoms with van der Waals surface area (Å²) >= 11 is 0. The molecule has 1 fully saturated rings. The highest BCUT2D eigenvalue weighted by atomic mass is 16.2. The number of likely N-dealkylation sites (N-methyl/N-ethyl adjacent to an activating group) is 1. The van der Waals surface area contributed by atoms with Crippen molar-refractivity contribution in [1.82, 2.24) is 15.2 Å². The molecule has 1 amide bonds. The maximum absolute atomic E-state index is 12.2. The molecule has 4 heteroatoms. The van der Waals surface area contributed by atoms with Crippen molar-refractivity contribution < 1.29 is 4.79 Å². The molecular formula is C14H21N3O. The predicted molar refractivity (Wildman–Crippen MR) is 71.1 cm³/mol. The van der Waals surface area contributed by atoms with Gasteiger partial charge in [0.1, 0.15) is 0 Å². The van der Waals surface area contributed by atoms with Crippen molar-refractivity contribution in [3.63, 3.8) is 0 Å². The van der Waals surface area contributed by atoms with Crippen molar-refractivity contribution in [3.8, 4) is 0 Å². The fourth-order valence-corrected chi connectivity index (χ4v) is 2.35. The average molecular weight is 247 g/mol. The first-order valence-corrected chi connectivity index (χ1v) is 6.64.